The summed E-state index contributed by atoms with van der Waals surface area (Å²) in [6, 6.07) is 29.7. The molecule has 0 radical (unpaired) electrons. The Morgan fingerprint density at radius 3 is 1.47 bits per heavy atom. The van der Waals surface area contributed by atoms with E-state index in [1.807, 2.05) is 12.1 Å². The number of ether oxygens (including phenoxy) is 1. The molecule has 0 aliphatic carbocycles. The Morgan fingerprint density at radius 1 is 0.794 bits per heavy atom. The Balaban J connectivity index is 0.000000273. The molecule has 184 valence electrons. The maximum Gasteiger partial charge on any atom is 0.421 e. The first kappa shape index (κ1) is 27.6. The molecule has 0 aliphatic heterocycles. The molecule has 3 aromatic carbocycles. The van der Waals surface area contributed by atoms with Crippen molar-refractivity contribution in [3.63, 3.8) is 0 Å². The molecular formula is C22H19F5O5S2. The van der Waals surface area contributed by atoms with Crippen LogP contribution >= 0.6 is 0 Å². The Hall–Kier alpha value is -2.67. The second kappa shape index (κ2) is 11.2. The van der Waals surface area contributed by atoms with Gasteiger partial charge in [0.25, 0.3) is 0 Å². The van der Waals surface area contributed by atoms with Gasteiger partial charge in [-0.15, -0.1) is 0 Å². The number of aliphatic hydroxyl groups excluding tert-OH is 1. The van der Waals surface area contributed by atoms with Gasteiger partial charge in [-0.25, -0.2) is 8.42 Å². The summed E-state index contributed by atoms with van der Waals surface area (Å²) < 4.78 is 91.9. The number of rotatable bonds is 6. The lowest BCUT2D eigenvalue weighted by molar-refractivity contribution is -0.248. The molecule has 12 heteroatoms. The third kappa shape index (κ3) is 6.92. The van der Waals surface area contributed by atoms with Crippen LogP contribution in [0.1, 0.15) is 0 Å². The smallest absolute Gasteiger partial charge is 0.421 e. The lowest BCUT2D eigenvalue weighted by Crippen LogP contribution is -2.49. The first-order chi connectivity index (χ1) is 15.8. The summed E-state index contributed by atoms with van der Waals surface area (Å²) in [5.74, 6) is 0.892. The number of benzene rings is 3. The van der Waals surface area contributed by atoms with Gasteiger partial charge >= 0.3 is 11.4 Å². The van der Waals surface area contributed by atoms with Crippen molar-refractivity contribution in [3.05, 3.63) is 84.9 Å². The molecule has 0 bridgehead atoms. The Bertz CT molecular complexity index is 1100. The molecule has 0 saturated carbocycles. The molecule has 1 N–H and O–H groups in total. The van der Waals surface area contributed by atoms with Crippen molar-refractivity contribution in [3.8, 4) is 5.75 Å². The number of methoxy groups -OCH3 is 1. The Labute approximate surface area is 195 Å². The fourth-order valence-electron chi connectivity index (χ4n) is 2.56. The van der Waals surface area contributed by atoms with Crippen molar-refractivity contribution in [2.75, 3.05) is 7.11 Å². The van der Waals surface area contributed by atoms with Crippen LogP contribution in [0.4, 0.5) is 22.0 Å². The predicted octanol–water partition coefficient (Wildman–Crippen LogP) is 4.84. The molecule has 0 spiro atoms. The molecule has 0 fully saturated rings. The van der Waals surface area contributed by atoms with Gasteiger partial charge in [0.15, 0.2) is 24.8 Å². The summed E-state index contributed by atoms with van der Waals surface area (Å²) >= 11 is 0. The van der Waals surface area contributed by atoms with Crippen LogP contribution in [0.3, 0.4) is 0 Å². The molecular weight excluding hydrogens is 503 g/mol. The second-order valence-electron chi connectivity index (χ2n) is 6.57. The zero-order valence-electron chi connectivity index (χ0n) is 17.4. The van der Waals surface area contributed by atoms with Crippen molar-refractivity contribution in [2.24, 2.45) is 0 Å². The monoisotopic (exact) mass is 522 g/mol. The van der Waals surface area contributed by atoms with E-state index in [1.165, 1.54) is 14.7 Å². The lowest BCUT2D eigenvalue weighted by atomic mass is 10.3. The third-order valence-corrected chi connectivity index (χ3v) is 7.34. The van der Waals surface area contributed by atoms with Crippen LogP contribution in [0.15, 0.2) is 99.6 Å². The van der Waals surface area contributed by atoms with Crippen molar-refractivity contribution < 1.29 is 44.8 Å². The second-order valence-corrected chi connectivity index (χ2v) is 10.0. The van der Waals surface area contributed by atoms with Gasteiger partial charge < -0.3 is 14.4 Å². The fraction of sp³-hybridized carbons (Fsp3) is 0.182. The fourth-order valence-corrected chi connectivity index (χ4v) is 5.05. The van der Waals surface area contributed by atoms with Crippen LogP contribution in [0.5, 0.6) is 5.75 Å². The highest BCUT2D eigenvalue weighted by Gasteiger charge is 2.59. The highest BCUT2D eigenvalue weighted by atomic mass is 32.2. The average molecular weight is 523 g/mol. The first-order valence-corrected chi connectivity index (χ1v) is 12.0. The first-order valence-electron chi connectivity index (χ1n) is 9.35. The molecule has 3 rings (SSSR count). The van der Waals surface area contributed by atoms with Gasteiger partial charge in [-0.2, -0.15) is 22.0 Å². The van der Waals surface area contributed by atoms with E-state index in [4.69, 9.17) is 9.84 Å². The molecule has 3 aromatic rings. The molecule has 0 heterocycles. The maximum absolute atomic E-state index is 11.9. The highest BCUT2D eigenvalue weighted by Crippen LogP contribution is 2.35. The topological polar surface area (TPSA) is 86.7 Å². The van der Waals surface area contributed by atoms with E-state index in [1.54, 1.807) is 7.11 Å². The minimum atomic E-state index is -6.54. The van der Waals surface area contributed by atoms with Crippen LogP contribution < -0.4 is 4.74 Å². The summed E-state index contributed by atoms with van der Waals surface area (Å²) in [6.07, 6.45) is -10.4. The van der Waals surface area contributed by atoms with E-state index in [-0.39, 0.29) is 10.9 Å². The van der Waals surface area contributed by atoms with Crippen LogP contribution in [0.2, 0.25) is 0 Å². The average Bonchev–Trinajstić information content (AvgIpc) is 2.80. The molecule has 1 unspecified atom stereocenters. The van der Waals surface area contributed by atoms with Crippen LogP contribution in [-0.4, -0.2) is 42.7 Å². The van der Waals surface area contributed by atoms with E-state index >= 15 is 0 Å². The molecule has 0 aromatic heterocycles. The number of alkyl halides is 5. The number of halogens is 5. The molecule has 5 nitrogen and oxygen atoms in total. The number of hydrogen-bond donors (Lipinski definition) is 1. The van der Waals surface area contributed by atoms with E-state index in [9.17, 15) is 34.9 Å². The SMILES string of the molecule is COc1ccc([S+](c2ccccc2)c2ccccc2)cc1.O=S(=O)([O-])C(F)(F)C(O)C(F)(F)F. The van der Waals surface area contributed by atoms with Gasteiger partial charge in [0, 0.05) is 0 Å². The van der Waals surface area contributed by atoms with Gasteiger partial charge in [0.05, 0.1) is 18.0 Å². The van der Waals surface area contributed by atoms with Gasteiger partial charge in [-0.05, 0) is 48.5 Å². The normalized spacial score (nSPS) is 13.1. The zero-order chi connectivity index (χ0) is 25.6. The number of aliphatic hydroxyl groups is 1. The van der Waals surface area contributed by atoms with Crippen LogP contribution in [-0.2, 0) is 21.0 Å². The van der Waals surface area contributed by atoms with Crippen LogP contribution in [0, 0.1) is 0 Å². The van der Waals surface area contributed by atoms with Crippen molar-refractivity contribution in [1.29, 1.82) is 0 Å². The predicted molar refractivity (Wildman–Crippen MR) is 115 cm³/mol. The lowest BCUT2D eigenvalue weighted by Gasteiger charge is -2.26. The van der Waals surface area contributed by atoms with Gasteiger partial charge in [-0.1, -0.05) is 36.4 Å². The van der Waals surface area contributed by atoms with E-state index < -0.39 is 27.7 Å². The number of hydrogen-bond acceptors (Lipinski definition) is 5. The van der Waals surface area contributed by atoms with E-state index in [0.717, 1.165) is 5.75 Å². The summed E-state index contributed by atoms with van der Waals surface area (Å²) in [4.78, 5) is 3.95. The van der Waals surface area contributed by atoms with E-state index in [0.29, 0.717) is 0 Å². The molecule has 34 heavy (non-hydrogen) atoms. The Kier molecular flexibility index (Phi) is 9.06. The Morgan fingerprint density at radius 2 is 1.18 bits per heavy atom. The largest absolute Gasteiger partial charge is 0.743 e. The van der Waals surface area contributed by atoms with Gasteiger partial charge in [0.1, 0.15) is 5.75 Å². The summed E-state index contributed by atoms with van der Waals surface area (Å²) in [5, 5.41) is 2.02. The third-order valence-electron chi connectivity index (χ3n) is 4.21. The zero-order valence-corrected chi connectivity index (χ0v) is 19.1. The minimum Gasteiger partial charge on any atom is -0.743 e. The van der Waals surface area contributed by atoms with E-state index in [2.05, 4.69) is 72.8 Å². The van der Waals surface area contributed by atoms with Crippen molar-refractivity contribution in [1.82, 2.24) is 0 Å². The summed E-state index contributed by atoms with van der Waals surface area (Å²) in [6.45, 7) is 0. The molecule has 0 aliphatic rings. The van der Waals surface area contributed by atoms with Crippen molar-refractivity contribution in [2.45, 2.75) is 32.2 Å². The summed E-state index contributed by atoms with van der Waals surface area (Å²) in [5.41, 5.74) is 0. The van der Waals surface area contributed by atoms with Gasteiger partial charge in [-0.3, -0.25) is 0 Å². The molecule has 0 amide bonds. The molecule has 0 saturated heterocycles. The van der Waals surface area contributed by atoms with Gasteiger partial charge in [0.2, 0.25) is 6.10 Å². The minimum absolute atomic E-state index is 0.0804. The van der Waals surface area contributed by atoms with Crippen LogP contribution in [0.25, 0.3) is 0 Å². The quantitative estimate of drug-likeness (QED) is 0.285. The summed E-state index contributed by atoms with van der Waals surface area (Å²) in [7, 11) is -4.92. The maximum atomic E-state index is 11.9. The molecule has 1 atom stereocenters. The van der Waals surface area contributed by atoms with Crippen molar-refractivity contribution >= 4 is 21.0 Å². The highest BCUT2D eigenvalue weighted by molar-refractivity contribution is 7.97. The standard InChI is InChI=1S/C19H17OS.C3H3F5O4S/c1-20-16-12-14-19(15-13-16)21(17-8-4-2-5-9-17)18-10-6-3-7-11-18;4-2(5,6)1(9)3(7,8)13(10,11)12/h2-15H,1H3;1,9H,(H,10,11,12)/q+1;/p-1.